The van der Waals surface area contributed by atoms with Gasteiger partial charge in [-0.05, 0) is 11.4 Å². The van der Waals surface area contributed by atoms with Crippen molar-refractivity contribution in [2.24, 2.45) is 26.3 Å². The highest BCUT2D eigenvalue weighted by Crippen LogP contribution is 2.36. The molecule has 1 aromatic heterocycles. The molecule has 0 amide bonds. The van der Waals surface area contributed by atoms with Crippen LogP contribution in [0.1, 0.15) is 4.88 Å². The zero-order valence-corrected chi connectivity index (χ0v) is 11.8. The first kappa shape index (κ1) is 11.9. The molecule has 3 aliphatic heterocycles. The third-order valence-corrected chi connectivity index (χ3v) is 4.62. The summed E-state index contributed by atoms with van der Waals surface area (Å²) in [5.74, 6) is 1.60. The Morgan fingerprint density at radius 3 is 3.00 bits per heavy atom. The predicted octanol–water partition coefficient (Wildman–Crippen LogP) is 1.24. The molecular formula is C12H14N7S+. The van der Waals surface area contributed by atoms with Gasteiger partial charge in [-0.1, -0.05) is 15.8 Å². The highest BCUT2D eigenvalue weighted by atomic mass is 32.1. The van der Waals surface area contributed by atoms with Crippen LogP contribution in [0, 0.1) is 0 Å². The monoisotopic (exact) mass is 288 g/mol. The largest absolute Gasteiger partial charge is 0.347 e. The van der Waals surface area contributed by atoms with Crippen LogP contribution in [0.4, 0.5) is 0 Å². The molecular weight excluding hydrogens is 274 g/mol. The minimum atomic E-state index is 0.218. The van der Waals surface area contributed by atoms with Crippen LogP contribution in [-0.2, 0) is 0 Å². The van der Waals surface area contributed by atoms with Crippen molar-refractivity contribution in [1.29, 1.82) is 0 Å². The molecule has 4 rings (SSSR count). The highest BCUT2D eigenvalue weighted by molar-refractivity contribution is 7.11. The lowest BCUT2D eigenvalue weighted by Gasteiger charge is -2.40. The summed E-state index contributed by atoms with van der Waals surface area (Å²) in [6.07, 6.45) is 1.87. The van der Waals surface area contributed by atoms with Crippen molar-refractivity contribution in [3.05, 3.63) is 28.6 Å². The fourth-order valence-corrected chi connectivity index (χ4v) is 3.39. The normalized spacial score (nSPS) is 28.7. The predicted molar refractivity (Wildman–Crippen MR) is 77.8 cm³/mol. The Hall–Kier alpha value is -1.90. The Morgan fingerprint density at radius 2 is 2.30 bits per heavy atom. The first-order chi connectivity index (χ1) is 9.68. The van der Waals surface area contributed by atoms with E-state index in [0.717, 1.165) is 35.3 Å². The van der Waals surface area contributed by atoms with Crippen molar-refractivity contribution in [1.82, 2.24) is 4.90 Å². The Labute approximate surface area is 120 Å². The molecule has 2 N–H and O–H groups in total. The molecule has 0 spiro atoms. The molecule has 7 nitrogen and oxygen atoms in total. The van der Waals surface area contributed by atoms with Gasteiger partial charge in [-0.3, -0.25) is 0 Å². The average Bonchev–Trinajstić information content (AvgIpc) is 3.02. The Balaban J connectivity index is 1.78. The quantitative estimate of drug-likeness (QED) is 0.789. The number of aliphatic imine (C=N–C) groups is 1. The van der Waals surface area contributed by atoms with Gasteiger partial charge in [0, 0.05) is 24.4 Å². The van der Waals surface area contributed by atoms with Crippen molar-refractivity contribution in [2.45, 2.75) is 6.04 Å². The standard InChI is InChI=1S/C12H14N7S/c1-19-9(10-3-2-4-20-10)5-14-11(12(19)15-16-17-19)18-6-8(13)7-18/h2-5,8H,6-7,13H2,1H3/q+1. The maximum atomic E-state index is 5.85. The maximum absolute atomic E-state index is 5.85. The van der Waals surface area contributed by atoms with Crippen LogP contribution in [0.25, 0.3) is 5.70 Å². The number of thiophene rings is 1. The van der Waals surface area contributed by atoms with Crippen LogP contribution >= 0.6 is 11.3 Å². The number of nitrogens with two attached hydrogens (primary N) is 1. The lowest BCUT2D eigenvalue weighted by atomic mass is 10.1. The van der Waals surface area contributed by atoms with Crippen LogP contribution in [0.3, 0.4) is 0 Å². The third kappa shape index (κ3) is 1.52. The van der Waals surface area contributed by atoms with E-state index >= 15 is 0 Å². The first-order valence-electron chi connectivity index (χ1n) is 6.39. The average molecular weight is 288 g/mol. The van der Waals surface area contributed by atoms with E-state index in [1.54, 1.807) is 11.3 Å². The van der Waals surface area contributed by atoms with Crippen LogP contribution in [-0.4, -0.2) is 47.3 Å². The molecule has 0 bridgehead atoms. The van der Waals surface area contributed by atoms with E-state index in [-0.39, 0.29) is 10.6 Å². The molecule has 0 aliphatic carbocycles. The summed E-state index contributed by atoms with van der Waals surface area (Å²) in [7, 11) is 1.98. The van der Waals surface area contributed by atoms with Gasteiger partial charge in [0.25, 0.3) is 0 Å². The molecule has 3 aliphatic rings. The summed E-state index contributed by atoms with van der Waals surface area (Å²) in [6.45, 7) is 1.61. The summed E-state index contributed by atoms with van der Waals surface area (Å²) in [6, 6.07) is 4.30. The van der Waals surface area contributed by atoms with Crippen molar-refractivity contribution in [3.8, 4) is 0 Å². The molecule has 0 radical (unpaired) electrons. The highest BCUT2D eigenvalue weighted by Gasteiger charge is 2.49. The maximum Gasteiger partial charge on any atom is 0.324 e. The number of quaternary nitrogens is 1. The molecule has 1 atom stereocenters. The second-order valence-corrected chi connectivity index (χ2v) is 6.12. The number of likely N-dealkylation sites (tertiary alicyclic amines) is 1. The zero-order chi connectivity index (χ0) is 13.7. The van der Waals surface area contributed by atoms with E-state index in [9.17, 15) is 0 Å². The van der Waals surface area contributed by atoms with Gasteiger partial charge in [-0.2, -0.15) is 0 Å². The summed E-state index contributed by atoms with van der Waals surface area (Å²) in [5, 5.41) is 14.4. The second-order valence-electron chi connectivity index (χ2n) is 5.17. The summed E-state index contributed by atoms with van der Waals surface area (Å²) < 4.78 is 0.227. The SMILES string of the molecule is C[N+]12N=NN=C1C(N1CC(N)C1)=NC=C2c1cccs1. The molecule has 1 aromatic rings. The second kappa shape index (κ2) is 4.05. The summed E-state index contributed by atoms with van der Waals surface area (Å²) in [4.78, 5) is 7.83. The summed E-state index contributed by atoms with van der Waals surface area (Å²) in [5.41, 5.74) is 6.84. The number of likely N-dealkylation sites (N-methyl/N-ethyl adjacent to an activating group) is 1. The number of fused-ring (bicyclic) bond motifs is 1. The number of hydrogen-bond donors (Lipinski definition) is 1. The van der Waals surface area contributed by atoms with Gasteiger partial charge in [0.2, 0.25) is 11.5 Å². The van der Waals surface area contributed by atoms with Crippen LogP contribution < -0.4 is 5.73 Å². The molecule has 20 heavy (non-hydrogen) atoms. The number of nitrogens with zero attached hydrogens (tertiary/aromatic N) is 6. The lowest BCUT2D eigenvalue weighted by molar-refractivity contribution is -0.750. The topological polar surface area (TPSA) is 78.7 Å². The summed E-state index contributed by atoms with van der Waals surface area (Å²) >= 11 is 1.66. The third-order valence-electron chi connectivity index (χ3n) is 3.73. The van der Waals surface area contributed by atoms with E-state index in [1.165, 1.54) is 0 Å². The van der Waals surface area contributed by atoms with E-state index in [1.807, 2.05) is 24.7 Å². The van der Waals surface area contributed by atoms with Crippen molar-refractivity contribution in [3.63, 3.8) is 0 Å². The number of hydrogen-bond acceptors (Lipinski definition) is 7. The lowest BCUT2D eigenvalue weighted by Crippen LogP contribution is -2.62. The van der Waals surface area contributed by atoms with Gasteiger partial charge in [0.15, 0.2) is 0 Å². The van der Waals surface area contributed by atoms with Gasteiger partial charge < -0.3 is 10.6 Å². The molecule has 1 saturated heterocycles. The van der Waals surface area contributed by atoms with Gasteiger partial charge in [-0.15, -0.1) is 11.3 Å². The minimum absolute atomic E-state index is 0.218. The molecule has 1 fully saturated rings. The van der Waals surface area contributed by atoms with E-state index in [0.29, 0.717) is 0 Å². The van der Waals surface area contributed by atoms with Crippen molar-refractivity contribution < 1.29 is 4.59 Å². The van der Waals surface area contributed by atoms with Crippen LogP contribution in [0.2, 0.25) is 0 Å². The first-order valence-corrected chi connectivity index (χ1v) is 7.27. The van der Waals surface area contributed by atoms with Gasteiger partial charge in [-0.25, -0.2) is 4.99 Å². The molecule has 8 heteroatoms. The Morgan fingerprint density at radius 1 is 1.45 bits per heavy atom. The molecule has 0 saturated carbocycles. The van der Waals surface area contributed by atoms with E-state index < -0.39 is 0 Å². The van der Waals surface area contributed by atoms with Gasteiger partial charge in [0.1, 0.15) is 7.05 Å². The Bertz CT molecular complexity index is 666. The van der Waals surface area contributed by atoms with Crippen LogP contribution in [0.15, 0.2) is 44.3 Å². The van der Waals surface area contributed by atoms with E-state index in [2.05, 4.69) is 31.5 Å². The van der Waals surface area contributed by atoms with Crippen LogP contribution in [0.5, 0.6) is 0 Å². The zero-order valence-electron chi connectivity index (χ0n) is 11.0. The van der Waals surface area contributed by atoms with Crippen molar-refractivity contribution >= 4 is 28.7 Å². The molecule has 4 heterocycles. The number of rotatable bonds is 1. The van der Waals surface area contributed by atoms with Crippen molar-refractivity contribution in [2.75, 3.05) is 20.1 Å². The number of amidine groups is 2. The molecule has 1 unspecified atom stereocenters. The fraction of sp³-hybridized carbons (Fsp3) is 0.333. The van der Waals surface area contributed by atoms with E-state index in [4.69, 9.17) is 5.73 Å². The van der Waals surface area contributed by atoms with Gasteiger partial charge >= 0.3 is 5.84 Å². The minimum Gasteiger partial charge on any atom is -0.347 e. The molecule has 102 valence electrons. The smallest absolute Gasteiger partial charge is 0.324 e. The molecule has 0 aromatic carbocycles. The fourth-order valence-electron chi connectivity index (χ4n) is 2.58. The Kier molecular flexibility index (Phi) is 2.40. The van der Waals surface area contributed by atoms with Gasteiger partial charge in [0.05, 0.1) is 16.3 Å².